The second kappa shape index (κ2) is 8.27. The monoisotopic (exact) mass is 443 g/mol. The molecule has 1 heterocycles. The topological polar surface area (TPSA) is 92.6 Å². The van der Waals surface area contributed by atoms with Gasteiger partial charge in [-0.05, 0) is 59.8 Å². The van der Waals surface area contributed by atoms with Crippen LogP contribution >= 0.6 is 22.6 Å². The second-order valence-electron chi connectivity index (χ2n) is 5.22. The van der Waals surface area contributed by atoms with Crippen LogP contribution in [0.15, 0.2) is 41.2 Å². The van der Waals surface area contributed by atoms with E-state index < -0.39 is 12.0 Å². The number of aromatic nitrogens is 1. The minimum absolute atomic E-state index is 0.0304. The number of rotatable bonds is 6. The molecule has 0 aliphatic heterocycles. The Bertz CT molecular complexity index is 772. The first kappa shape index (κ1) is 18.4. The summed E-state index contributed by atoms with van der Waals surface area (Å²) < 4.78 is 2.42. The van der Waals surface area contributed by atoms with Crippen molar-refractivity contribution >= 4 is 40.0 Å². The number of amides is 1. The number of hydrogen-bond acceptors (Lipinski definition) is 5. The molecule has 0 unspecified atom stereocenters. The van der Waals surface area contributed by atoms with Crippen molar-refractivity contribution in [3.63, 3.8) is 0 Å². The van der Waals surface area contributed by atoms with Gasteiger partial charge in [-0.25, -0.2) is 5.48 Å². The number of carbonyl (C=O) groups is 1. The molecular formula is C16H18IN3O4. The lowest BCUT2D eigenvalue weighted by molar-refractivity contribution is -0.00685. The Hall–Kier alpha value is -1.91. The predicted molar refractivity (Wildman–Crippen MR) is 99.2 cm³/mol. The Morgan fingerprint density at radius 2 is 1.96 bits per heavy atom. The molecule has 3 N–H and O–H groups in total. The van der Waals surface area contributed by atoms with Crippen molar-refractivity contribution in [3.8, 4) is 0 Å². The number of hydrogen-bond donors (Lipinski definition) is 3. The lowest BCUT2D eigenvalue weighted by Crippen LogP contribution is -2.30. The predicted octanol–water partition coefficient (Wildman–Crippen LogP) is 1.78. The Labute approximate surface area is 152 Å². The van der Waals surface area contributed by atoms with E-state index in [0.29, 0.717) is 5.82 Å². The second-order valence-corrected chi connectivity index (χ2v) is 6.46. The van der Waals surface area contributed by atoms with E-state index in [0.717, 1.165) is 9.26 Å². The molecule has 0 saturated carbocycles. The summed E-state index contributed by atoms with van der Waals surface area (Å²) in [6.07, 6.45) is -0.699. The highest BCUT2D eigenvalue weighted by atomic mass is 127. The van der Waals surface area contributed by atoms with E-state index in [4.69, 9.17) is 9.94 Å². The number of aliphatic hydroxyl groups excluding tert-OH is 1. The number of halogens is 1. The summed E-state index contributed by atoms with van der Waals surface area (Å²) in [6, 6.07) is 10.3. The van der Waals surface area contributed by atoms with Crippen LogP contribution in [0.1, 0.15) is 17.3 Å². The molecule has 8 heteroatoms. The van der Waals surface area contributed by atoms with E-state index in [1.54, 1.807) is 14.0 Å². The Morgan fingerprint density at radius 3 is 2.58 bits per heavy atom. The summed E-state index contributed by atoms with van der Waals surface area (Å²) in [5.74, 6) is -0.166. The zero-order valence-corrected chi connectivity index (χ0v) is 15.4. The summed E-state index contributed by atoms with van der Waals surface area (Å²) >= 11 is 2.19. The summed E-state index contributed by atoms with van der Waals surface area (Å²) in [6.45, 7) is 1.51. The van der Waals surface area contributed by atoms with Crippen molar-refractivity contribution in [3.05, 3.63) is 55.9 Å². The molecule has 2 aromatic rings. The SMILES string of the molecule is C[C@H](O)CONC(=O)c1ccc(=O)n(C)c1Nc1ccc(I)cc1. The van der Waals surface area contributed by atoms with Gasteiger partial charge < -0.3 is 10.4 Å². The fraction of sp³-hybridized carbons (Fsp3) is 0.250. The van der Waals surface area contributed by atoms with Gasteiger partial charge in [0.15, 0.2) is 0 Å². The van der Waals surface area contributed by atoms with Gasteiger partial charge in [-0.15, -0.1) is 0 Å². The van der Waals surface area contributed by atoms with Crippen LogP contribution in [0.25, 0.3) is 0 Å². The molecular weight excluding hydrogens is 425 g/mol. The number of hydroxylamine groups is 1. The van der Waals surface area contributed by atoms with Gasteiger partial charge in [0.25, 0.3) is 11.5 Å². The Kier molecular flexibility index (Phi) is 6.35. The van der Waals surface area contributed by atoms with Gasteiger partial charge in [0, 0.05) is 22.4 Å². The molecule has 1 atom stereocenters. The summed E-state index contributed by atoms with van der Waals surface area (Å²) in [5.41, 5.74) is 3.01. The van der Waals surface area contributed by atoms with Crippen molar-refractivity contribution in [1.29, 1.82) is 0 Å². The minimum Gasteiger partial charge on any atom is -0.391 e. The van der Waals surface area contributed by atoms with Crippen LogP contribution < -0.4 is 16.4 Å². The number of nitrogens with one attached hydrogen (secondary N) is 2. The van der Waals surface area contributed by atoms with Crippen LogP contribution in [0.3, 0.4) is 0 Å². The van der Waals surface area contributed by atoms with Gasteiger partial charge >= 0.3 is 0 Å². The number of benzene rings is 1. The normalized spacial score (nSPS) is 11.8. The van der Waals surface area contributed by atoms with Crippen LogP contribution in [0.4, 0.5) is 11.5 Å². The van der Waals surface area contributed by atoms with Crippen LogP contribution in [-0.2, 0) is 11.9 Å². The van der Waals surface area contributed by atoms with E-state index in [2.05, 4.69) is 33.4 Å². The van der Waals surface area contributed by atoms with E-state index in [1.807, 2.05) is 24.3 Å². The molecule has 7 nitrogen and oxygen atoms in total. The summed E-state index contributed by atoms with van der Waals surface area (Å²) in [4.78, 5) is 29.1. The number of pyridine rings is 1. The van der Waals surface area contributed by atoms with Gasteiger partial charge in [-0.3, -0.25) is 19.0 Å². The number of carbonyl (C=O) groups excluding carboxylic acids is 1. The third kappa shape index (κ3) is 4.79. The van der Waals surface area contributed by atoms with Crippen molar-refractivity contribution in [2.45, 2.75) is 13.0 Å². The molecule has 1 aromatic carbocycles. The maximum Gasteiger partial charge on any atom is 0.278 e. The average molecular weight is 443 g/mol. The van der Waals surface area contributed by atoms with Gasteiger partial charge in [-0.1, -0.05) is 0 Å². The fourth-order valence-corrected chi connectivity index (χ4v) is 2.28. The lowest BCUT2D eigenvalue weighted by atomic mass is 10.2. The quantitative estimate of drug-likeness (QED) is 0.468. The van der Waals surface area contributed by atoms with Crippen molar-refractivity contribution < 1.29 is 14.7 Å². The summed E-state index contributed by atoms with van der Waals surface area (Å²) in [7, 11) is 1.57. The zero-order valence-electron chi connectivity index (χ0n) is 13.2. The van der Waals surface area contributed by atoms with Gasteiger partial charge in [-0.2, -0.15) is 0 Å². The maximum absolute atomic E-state index is 12.3. The highest BCUT2D eigenvalue weighted by molar-refractivity contribution is 14.1. The number of nitrogens with zero attached hydrogens (tertiary/aromatic N) is 1. The number of anilines is 2. The van der Waals surface area contributed by atoms with Crippen molar-refractivity contribution in [2.75, 3.05) is 11.9 Å². The highest BCUT2D eigenvalue weighted by Crippen LogP contribution is 2.20. The maximum atomic E-state index is 12.3. The largest absolute Gasteiger partial charge is 0.391 e. The molecule has 1 aromatic heterocycles. The Morgan fingerprint density at radius 1 is 1.29 bits per heavy atom. The van der Waals surface area contributed by atoms with E-state index in [1.165, 1.54) is 16.7 Å². The Balaban J connectivity index is 2.28. The highest BCUT2D eigenvalue weighted by Gasteiger charge is 2.15. The fourth-order valence-electron chi connectivity index (χ4n) is 1.92. The molecule has 1 amide bonds. The molecule has 0 aliphatic rings. The average Bonchev–Trinajstić information content (AvgIpc) is 2.53. The summed E-state index contributed by atoms with van der Waals surface area (Å²) in [5, 5.41) is 12.2. The molecule has 0 saturated heterocycles. The van der Waals surface area contributed by atoms with Crippen LogP contribution in [-0.4, -0.2) is 28.3 Å². The van der Waals surface area contributed by atoms with Crippen LogP contribution in [0, 0.1) is 3.57 Å². The molecule has 0 radical (unpaired) electrons. The molecule has 24 heavy (non-hydrogen) atoms. The first-order valence-electron chi connectivity index (χ1n) is 7.21. The van der Waals surface area contributed by atoms with E-state index in [9.17, 15) is 9.59 Å². The van der Waals surface area contributed by atoms with Gasteiger partial charge in [0.1, 0.15) is 12.4 Å². The smallest absolute Gasteiger partial charge is 0.278 e. The first-order chi connectivity index (χ1) is 11.4. The third-order valence-electron chi connectivity index (χ3n) is 3.15. The lowest BCUT2D eigenvalue weighted by Gasteiger charge is -2.16. The van der Waals surface area contributed by atoms with Crippen LogP contribution in [0.5, 0.6) is 0 Å². The van der Waals surface area contributed by atoms with Crippen molar-refractivity contribution in [2.24, 2.45) is 7.05 Å². The van der Waals surface area contributed by atoms with Gasteiger partial charge in [0.05, 0.1) is 11.7 Å². The molecule has 0 aliphatic carbocycles. The molecule has 128 valence electrons. The third-order valence-corrected chi connectivity index (χ3v) is 3.87. The molecule has 0 fully saturated rings. The van der Waals surface area contributed by atoms with Crippen LogP contribution in [0.2, 0.25) is 0 Å². The number of aliphatic hydroxyl groups is 1. The zero-order chi connectivity index (χ0) is 17.7. The van der Waals surface area contributed by atoms with E-state index >= 15 is 0 Å². The van der Waals surface area contributed by atoms with E-state index in [-0.39, 0.29) is 17.7 Å². The van der Waals surface area contributed by atoms with Crippen molar-refractivity contribution in [1.82, 2.24) is 10.0 Å². The molecule has 0 spiro atoms. The first-order valence-corrected chi connectivity index (χ1v) is 8.29. The molecule has 2 rings (SSSR count). The minimum atomic E-state index is -0.699. The van der Waals surface area contributed by atoms with Gasteiger partial charge in [0.2, 0.25) is 0 Å². The molecule has 0 bridgehead atoms. The standard InChI is InChI=1S/C16H18IN3O4/c1-10(21)9-24-19-16(23)13-7-8-14(22)20(2)15(13)18-12-5-3-11(17)4-6-12/h3-8,10,18,21H,9H2,1-2H3,(H,19,23)/t10-/m0/s1.